The van der Waals surface area contributed by atoms with Crippen LogP contribution in [0.1, 0.15) is 117 Å². The van der Waals surface area contributed by atoms with Crippen molar-refractivity contribution in [2.75, 3.05) is 72.5 Å². The molecule has 0 aliphatic rings. The Bertz CT molecular complexity index is 757. The molecule has 0 radical (unpaired) electrons. The van der Waals surface area contributed by atoms with E-state index in [9.17, 15) is 19.2 Å². The Balaban J connectivity index is 3.59. The van der Waals surface area contributed by atoms with Crippen molar-refractivity contribution in [1.82, 2.24) is 16.0 Å². The second-order valence-electron chi connectivity index (χ2n) is 11.8. The van der Waals surface area contributed by atoms with Crippen LogP contribution < -0.4 is 21.7 Å². The summed E-state index contributed by atoms with van der Waals surface area (Å²) in [5.74, 6) is -0.683. The third-order valence-electron chi connectivity index (χ3n) is 7.34. The average molecular weight is 660 g/mol. The summed E-state index contributed by atoms with van der Waals surface area (Å²) in [6.07, 6.45) is 19.6. The second-order valence-corrected chi connectivity index (χ2v) is 11.8. The van der Waals surface area contributed by atoms with E-state index in [0.29, 0.717) is 39.3 Å². The lowest BCUT2D eigenvalue weighted by molar-refractivity contribution is -0.370. The van der Waals surface area contributed by atoms with Gasteiger partial charge in [-0.15, -0.1) is 0 Å². The third kappa shape index (κ3) is 31.8. The lowest BCUT2D eigenvalue weighted by Crippen LogP contribution is -2.64. The highest BCUT2D eigenvalue weighted by Crippen LogP contribution is 2.13. The summed E-state index contributed by atoms with van der Waals surface area (Å²) < 4.78 is 21.1. The number of amides is 3. The van der Waals surface area contributed by atoms with Crippen molar-refractivity contribution >= 4 is 23.5 Å². The zero-order valence-electron chi connectivity index (χ0n) is 29.1. The summed E-state index contributed by atoms with van der Waals surface area (Å²) in [5, 5.41) is 8.23. The highest BCUT2D eigenvalue weighted by atomic mass is 16.5. The molecule has 0 aromatic rings. The van der Waals surface area contributed by atoms with Crippen molar-refractivity contribution in [1.29, 1.82) is 0 Å². The molecular weight excluding hydrogens is 592 g/mol. The third-order valence-corrected chi connectivity index (χ3v) is 7.34. The summed E-state index contributed by atoms with van der Waals surface area (Å²) in [5.41, 5.74) is 3.79. The summed E-state index contributed by atoms with van der Waals surface area (Å²) in [6, 6.07) is -0.656. The van der Waals surface area contributed by atoms with E-state index in [0.717, 1.165) is 19.3 Å². The maximum Gasteiger partial charge on any atom is 0.248 e. The van der Waals surface area contributed by atoms with Gasteiger partial charge in [-0.05, 0) is 13.3 Å². The van der Waals surface area contributed by atoms with Gasteiger partial charge in [-0.1, -0.05) is 96.8 Å². The van der Waals surface area contributed by atoms with Crippen LogP contribution in [0.15, 0.2) is 0 Å². The van der Waals surface area contributed by atoms with Crippen LogP contribution >= 0.6 is 0 Å². The molecule has 0 aliphatic heterocycles. The number of carbonyl (C=O) groups excluding carboxylic acids is 4. The van der Waals surface area contributed by atoms with E-state index in [-0.39, 0.29) is 63.1 Å². The highest BCUT2D eigenvalue weighted by molar-refractivity contribution is 5.87. The zero-order valence-corrected chi connectivity index (χ0v) is 29.1. The first-order valence-corrected chi connectivity index (χ1v) is 17.8. The van der Waals surface area contributed by atoms with Gasteiger partial charge in [0.25, 0.3) is 0 Å². The van der Waals surface area contributed by atoms with Crippen molar-refractivity contribution < 1.29 is 43.9 Å². The molecule has 0 heterocycles. The number of ketones is 1. The Kier molecular flexibility index (Phi) is 32.6. The summed E-state index contributed by atoms with van der Waals surface area (Å²) in [6.45, 7) is 6.43. The number of rotatable bonds is 35. The van der Waals surface area contributed by atoms with Gasteiger partial charge in [0.2, 0.25) is 17.7 Å². The minimum absolute atomic E-state index is 0.0372. The molecule has 1 atom stereocenters. The molecule has 270 valence electrons. The average Bonchev–Trinajstić information content (AvgIpc) is 3.03. The van der Waals surface area contributed by atoms with Gasteiger partial charge >= 0.3 is 0 Å². The monoisotopic (exact) mass is 659 g/mol. The molecule has 0 rings (SSSR count). The Morgan fingerprint density at radius 1 is 0.565 bits per heavy atom. The molecule has 6 N–H and O–H groups in total. The van der Waals surface area contributed by atoms with E-state index >= 15 is 0 Å². The predicted octanol–water partition coefficient (Wildman–Crippen LogP) is 2.86. The van der Waals surface area contributed by atoms with Crippen molar-refractivity contribution in [2.45, 2.75) is 123 Å². The molecule has 1 unspecified atom stereocenters. The van der Waals surface area contributed by atoms with E-state index in [1.165, 1.54) is 84.0 Å². The van der Waals surface area contributed by atoms with Gasteiger partial charge in [0.1, 0.15) is 19.8 Å². The summed E-state index contributed by atoms with van der Waals surface area (Å²) in [4.78, 5) is 47.2. The lowest BCUT2D eigenvalue weighted by Gasteiger charge is -2.15. The maximum atomic E-state index is 12.4. The molecule has 0 bridgehead atoms. The molecular formula is C34H67N4O8+. The molecule has 0 fully saturated rings. The van der Waals surface area contributed by atoms with E-state index in [1.807, 2.05) is 0 Å². The van der Waals surface area contributed by atoms with Gasteiger partial charge in [-0.2, -0.15) is 0 Å². The fourth-order valence-corrected chi connectivity index (χ4v) is 4.70. The van der Waals surface area contributed by atoms with Crippen molar-refractivity contribution in [3.05, 3.63) is 0 Å². The van der Waals surface area contributed by atoms with Crippen LogP contribution in [0.4, 0.5) is 0 Å². The first kappa shape index (κ1) is 43.9. The minimum Gasteiger partial charge on any atom is -0.377 e. The van der Waals surface area contributed by atoms with Gasteiger partial charge in [-0.25, -0.2) is 0 Å². The van der Waals surface area contributed by atoms with Crippen LogP contribution in [-0.2, 0) is 38.1 Å². The number of hydrogen-bond donors (Lipinski definition) is 4. The summed E-state index contributed by atoms with van der Waals surface area (Å²) >= 11 is 0. The number of nitrogens with one attached hydrogen (secondary N) is 3. The van der Waals surface area contributed by atoms with Gasteiger partial charge in [0.15, 0.2) is 11.8 Å². The fourth-order valence-electron chi connectivity index (χ4n) is 4.70. The molecule has 12 nitrogen and oxygen atoms in total. The summed E-state index contributed by atoms with van der Waals surface area (Å²) in [7, 11) is 0. The Hall–Kier alpha value is -2.12. The molecule has 0 aliphatic carbocycles. The first-order chi connectivity index (χ1) is 22.4. The number of unbranched alkanes of at least 4 members (excludes halogenated alkanes) is 14. The van der Waals surface area contributed by atoms with Crippen molar-refractivity contribution in [3.8, 4) is 0 Å². The lowest BCUT2D eigenvalue weighted by atomic mass is 10.0. The van der Waals surface area contributed by atoms with Crippen LogP contribution in [-0.4, -0.2) is 102 Å². The van der Waals surface area contributed by atoms with E-state index in [4.69, 9.17) is 18.9 Å². The quantitative estimate of drug-likeness (QED) is 0.0753. The van der Waals surface area contributed by atoms with Gasteiger partial charge in [0, 0.05) is 19.5 Å². The molecule has 0 spiro atoms. The topological polar surface area (TPSA) is 169 Å². The Morgan fingerprint density at radius 2 is 1.02 bits per heavy atom. The Labute approximate surface area is 278 Å². The van der Waals surface area contributed by atoms with Gasteiger partial charge < -0.3 is 40.6 Å². The predicted molar refractivity (Wildman–Crippen MR) is 179 cm³/mol. The van der Waals surface area contributed by atoms with Gasteiger partial charge in [-0.3, -0.25) is 19.2 Å². The smallest absolute Gasteiger partial charge is 0.248 e. The number of hydrogen-bond acceptors (Lipinski definition) is 8. The van der Waals surface area contributed by atoms with Crippen LogP contribution in [0, 0.1) is 0 Å². The molecule has 12 heteroatoms. The van der Waals surface area contributed by atoms with Crippen LogP contribution in [0.25, 0.3) is 0 Å². The largest absolute Gasteiger partial charge is 0.377 e. The number of Topliss-reactive ketones (excluding diaryl/α,β-unsaturated/α-hetero) is 1. The zero-order chi connectivity index (χ0) is 33.9. The molecule has 0 aromatic carbocycles. The molecule has 0 aromatic heterocycles. The highest BCUT2D eigenvalue weighted by Gasteiger charge is 2.20. The Morgan fingerprint density at radius 3 is 1.52 bits per heavy atom. The van der Waals surface area contributed by atoms with Crippen molar-refractivity contribution in [2.24, 2.45) is 0 Å². The molecule has 0 saturated carbocycles. The van der Waals surface area contributed by atoms with Crippen molar-refractivity contribution in [3.63, 3.8) is 0 Å². The van der Waals surface area contributed by atoms with Crippen LogP contribution in [0.5, 0.6) is 0 Å². The molecule has 46 heavy (non-hydrogen) atoms. The number of quaternary nitrogens is 1. The maximum absolute atomic E-state index is 12.4. The van der Waals surface area contributed by atoms with E-state index in [1.54, 1.807) is 0 Å². The second kappa shape index (κ2) is 34.2. The van der Waals surface area contributed by atoms with Crippen LogP contribution in [0.3, 0.4) is 0 Å². The fraction of sp³-hybridized carbons (Fsp3) is 0.882. The standard InChI is InChI=1S/C34H66N4O8/c1-3-4-5-6-7-8-9-10-11-12-13-14-15-16-17-18-32(40)38-31(27-35)34(42)37-20-22-44-24-26-46-29-33(41)36-19-21-43-23-25-45-28-30(2)39/h31H,3-29,35H2,1-2H3,(H,36,41)(H,37,42)(H,38,40)/p+1. The van der Waals surface area contributed by atoms with E-state index in [2.05, 4.69) is 28.6 Å². The van der Waals surface area contributed by atoms with Crippen LogP contribution in [0.2, 0.25) is 0 Å². The number of ether oxygens (including phenoxy) is 4. The van der Waals surface area contributed by atoms with Gasteiger partial charge in [0.05, 0.1) is 39.6 Å². The normalized spacial score (nSPS) is 11.7. The molecule has 3 amide bonds. The molecule has 0 saturated heterocycles. The van der Waals surface area contributed by atoms with E-state index < -0.39 is 6.04 Å². The SMILES string of the molecule is CCCCCCCCCCCCCCCCCC(=O)NC(C[NH3+])C(=O)NCCOCCOCC(=O)NCCOCCOCC(C)=O. The first-order valence-electron chi connectivity index (χ1n) is 17.8. The minimum atomic E-state index is -0.656. The number of carbonyl (C=O) groups is 4.